The van der Waals surface area contributed by atoms with Gasteiger partial charge in [-0.2, -0.15) is 5.26 Å². The van der Waals surface area contributed by atoms with Crippen LogP contribution < -0.4 is 0 Å². The highest BCUT2D eigenvalue weighted by atomic mass is 32.1. The van der Waals surface area contributed by atoms with Crippen molar-refractivity contribution in [3.8, 4) is 17.3 Å². The monoisotopic (exact) mass is 514 g/mol. The molecule has 5 heteroatoms. The molecule has 1 N–H and O–H groups in total. The molecule has 1 heterocycles. The zero-order valence-corrected chi connectivity index (χ0v) is 23.0. The normalized spacial score (nSPS) is 39.5. The van der Waals surface area contributed by atoms with Crippen LogP contribution >= 0.6 is 11.3 Å². The Bertz CT molecular complexity index is 1260. The first-order chi connectivity index (χ1) is 17.8. The lowest BCUT2D eigenvalue weighted by atomic mass is 9.47. The molecule has 0 bridgehead atoms. The maximum absolute atomic E-state index is 13.3. The summed E-state index contributed by atoms with van der Waals surface area (Å²) in [6.45, 7) is 6.56. The number of hydrogen-bond acceptors (Lipinski definition) is 5. The van der Waals surface area contributed by atoms with Gasteiger partial charge in [0, 0.05) is 16.9 Å². The van der Waals surface area contributed by atoms with Gasteiger partial charge < -0.3 is 5.11 Å². The van der Waals surface area contributed by atoms with Crippen LogP contribution in [0, 0.1) is 51.8 Å². The largest absolute Gasteiger partial charge is 0.393 e. The second-order valence-electron chi connectivity index (χ2n) is 12.7. The number of fused-ring (bicyclic) bond motifs is 5. The molecule has 6 rings (SSSR count). The van der Waals surface area contributed by atoms with E-state index in [0.717, 1.165) is 61.2 Å². The zero-order chi connectivity index (χ0) is 25.9. The number of allylic oxidation sites excluding steroid dienone is 1. The van der Waals surface area contributed by atoms with Crippen molar-refractivity contribution in [2.75, 3.05) is 0 Å². The topological polar surface area (TPSA) is 74.0 Å². The van der Waals surface area contributed by atoms with Gasteiger partial charge in [-0.3, -0.25) is 4.79 Å². The Morgan fingerprint density at radius 3 is 2.70 bits per heavy atom. The molecule has 9 unspecified atom stereocenters. The average molecular weight is 515 g/mol. The van der Waals surface area contributed by atoms with Crippen LogP contribution in [0.15, 0.2) is 47.4 Å². The number of Topliss-reactive ketones (excluding diaryl/α,β-unsaturated/α-hetero) is 1. The van der Waals surface area contributed by atoms with Crippen LogP contribution in [-0.4, -0.2) is 22.0 Å². The molecule has 3 fully saturated rings. The van der Waals surface area contributed by atoms with Crippen LogP contribution in [0.3, 0.4) is 0 Å². The van der Waals surface area contributed by atoms with Crippen molar-refractivity contribution in [2.24, 2.45) is 40.4 Å². The first-order valence-electron chi connectivity index (χ1n) is 14.0. The molecule has 0 spiro atoms. The summed E-state index contributed by atoms with van der Waals surface area (Å²) < 4.78 is 0. The number of ketones is 1. The van der Waals surface area contributed by atoms with Crippen molar-refractivity contribution in [1.82, 2.24) is 4.98 Å². The second kappa shape index (κ2) is 9.17. The van der Waals surface area contributed by atoms with Gasteiger partial charge in [-0.15, -0.1) is 11.3 Å². The van der Waals surface area contributed by atoms with Crippen LogP contribution in [0.25, 0.3) is 11.3 Å². The van der Waals surface area contributed by atoms with E-state index in [0.29, 0.717) is 17.8 Å². The third-order valence-electron chi connectivity index (χ3n) is 11.0. The number of carbonyl (C=O) groups is 1. The van der Waals surface area contributed by atoms with E-state index in [9.17, 15) is 15.2 Å². The number of aliphatic hydroxyl groups is 1. The Hall–Kier alpha value is -2.29. The summed E-state index contributed by atoms with van der Waals surface area (Å²) in [7, 11) is 0. The van der Waals surface area contributed by atoms with Gasteiger partial charge in [0.15, 0.2) is 0 Å². The predicted molar refractivity (Wildman–Crippen MR) is 147 cm³/mol. The van der Waals surface area contributed by atoms with Crippen LogP contribution in [0.4, 0.5) is 0 Å². The summed E-state index contributed by atoms with van der Waals surface area (Å²) in [5, 5.41) is 23.7. The molecule has 37 heavy (non-hydrogen) atoms. The molecule has 0 saturated heterocycles. The van der Waals surface area contributed by atoms with Crippen LogP contribution in [-0.2, 0) is 4.79 Å². The minimum absolute atomic E-state index is 0.0115. The molecule has 4 nitrogen and oxygen atoms in total. The van der Waals surface area contributed by atoms with E-state index in [4.69, 9.17) is 4.98 Å². The summed E-state index contributed by atoms with van der Waals surface area (Å²) >= 11 is 1.57. The Balaban J connectivity index is 1.34. The van der Waals surface area contributed by atoms with Crippen molar-refractivity contribution < 1.29 is 9.90 Å². The first-order valence-corrected chi connectivity index (χ1v) is 14.9. The zero-order valence-electron chi connectivity index (χ0n) is 22.2. The van der Waals surface area contributed by atoms with E-state index in [-0.39, 0.29) is 40.5 Å². The van der Waals surface area contributed by atoms with Gasteiger partial charge in [-0.25, -0.2) is 4.98 Å². The van der Waals surface area contributed by atoms with E-state index in [1.807, 2.05) is 18.2 Å². The highest BCUT2D eigenvalue weighted by Gasteiger charge is 2.63. The first kappa shape index (κ1) is 25.0. The minimum Gasteiger partial charge on any atom is -0.393 e. The molecule has 3 saturated carbocycles. The third kappa shape index (κ3) is 3.86. The number of aliphatic hydroxyl groups excluding tert-OH is 1. The number of benzene rings is 1. The summed E-state index contributed by atoms with van der Waals surface area (Å²) in [5.74, 6) is 1.39. The maximum Gasteiger partial charge on any atom is 0.133 e. The fourth-order valence-electron chi connectivity index (χ4n) is 9.34. The quantitative estimate of drug-likeness (QED) is 0.439. The number of nitrogens with zero attached hydrogens (tertiary/aromatic N) is 2. The van der Waals surface area contributed by atoms with Gasteiger partial charge in [0.1, 0.15) is 16.7 Å². The highest BCUT2D eigenvalue weighted by molar-refractivity contribution is 7.10. The standard InChI is InChI=1S/C32H38N2O2S/c1-19(35)29-24(25(17-33)30-34-28(18-37-30)20-7-5-4-6-8-20)16-27-23-10-9-21-15-22(36)11-13-31(21,2)26(23)12-14-32(27,29)3/h4-9,18,22-27,29,36H,10-16H2,1-3H3. The smallest absolute Gasteiger partial charge is 0.133 e. The molecule has 1 aromatic carbocycles. The molecule has 194 valence electrons. The Morgan fingerprint density at radius 1 is 1.19 bits per heavy atom. The summed E-state index contributed by atoms with van der Waals surface area (Å²) in [4.78, 5) is 18.3. The predicted octanol–water partition coefficient (Wildman–Crippen LogP) is 7.17. The Morgan fingerprint density at radius 2 is 1.97 bits per heavy atom. The number of carbonyl (C=O) groups excluding carboxylic acids is 1. The lowest BCUT2D eigenvalue weighted by Gasteiger charge is -2.57. The summed E-state index contributed by atoms with van der Waals surface area (Å²) in [6.07, 6.45) is 9.20. The molecular formula is C32H38N2O2S. The average Bonchev–Trinajstić information content (AvgIpc) is 3.48. The molecular weight excluding hydrogens is 476 g/mol. The van der Waals surface area contributed by atoms with E-state index < -0.39 is 0 Å². The molecule has 1 aromatic heterocycles. The van der Waals surface area contributed by atoms with Crippen LogP contribution in [0.2, 0.25) is 0 Å². The lowest BCUT2D eigenvalue weighted by molar-refractivity contribution is -0.129. The minimum atomic E-state index is -0.354. The van der Waals surface area contributed by atoms with E-state index >= 15 is 0 Å². The van der Waals surface area contributed by atoms with Gasteiger partial charge in [0.25, 0.3) is 0 Å². The fraction of sp³-hybridized carbons (Fsp3) is 0.594. The molecule has 9 atom stereocenters. The van der Waals surface area contributed by atoms with Gasteiger partial charge >= 0.3 is 0 Å². The molecule has 2 aromatic rings. The molecule has 0 radical (unpaired) electrons. The number of hydrogen-bond donors (Lipinski definition) is 1. The second-order valence-corrected chi connectivity index (χ2v) is 13.6. The van der Waals surface area contributed by atoms with Crippen molar-refractivity contribution in [2.45, 2.75) is 77.7 Å². The van der Waals surface area contributed by atoms with Crippen molar-refractivity contribution in [3.05, 3.63) is 52.4 Å². The van der Waals surface area contributed by atoms with E-state index in [1.54, 1.807) is 18.3 Å². The van der Waals surface area contributed by atoms with Crippen molar-refractivity contribution >= 4 is 17.1 Å². The summed E-state index contributed by atoms with van der Waals surface area (Å²) in [5.41, 5.74) is 3.55. The third-order valence-corrected chi connectivity index (χ3v) is 12.0. The summed E-state index contributed by atoms with van der Waals surface area (Å²) in [6, 6.07) is 12.8. The van der Waals surface area contributed by atoms with Crippen molar-refractivity contribution in [3.63, 3.8) is 0 Å². The SMILES string of the molecule is CC(=O)C1C(C(C#N)c2nc(-c3ccccc3)cs2)CC2C3CC=C4CC(O)CCC4(C)C3CCC21C. The van der Waals surface area contributed by atoms with E-state index in [1.165, 1.54) is 5.57 Å². The van der Waals surface area contributed by atoms with Crippen molar-refractivity contribution in [1.29, 1.82) is 5.26 Å². The number of aromatic nitrogens is 1. The fourth-order valence-corrected chi connectivity index (χ4v) is 10.3. The maximum atomic E-state index is 13.3. The van der Waals surface area contributed by atoms with Gasteiger partial charge in [0.05, 0.1) is 17.9 Å². The molecule has 0 amide bonds. The molecule has 4 aliphatic rings. The Kier molecular flexibility index (Phi) is 6.20. The molecule has 0 aliphatic heterocycles. The van der Waals surface area contributed by atoms with Gasteiger partial charge in [0.2, 0.25) is 0 Å². The van der Waals surface area contributed by atoms with E-state index in [2.05, 4.69) is 43.5 Å². The van der Waals surface area contributed by atoms with Gasteiger partial charge in [-0.05, 0) is 86.4 Å². The lowest BCUT2D eigenvalue weighted by Crippen LogP contribution is -2.51. The number of rotatable bonds is 4. The number of thiazole rings is 1. The van der Waals surface area contributed by atoms with Gasteiger partial charge in [-0.1, -0.05) is 55.8 Å². The highest BCUT2D eigenvalue weighted by Crippen LogP contribution is 2.68. The number of nitriles is 1. The van der Waals surface area contributed by atoms with Crippen LogP contribution in [0.1, 0.15) is 76.6 Å². The Labute approximate surface area is 224 Å². The molecule has 4 aliphatic carbocycles. The van der Waals surface area contributed by atoms with Crippen LogP contribution in [0.5, 0.6) is 0 Å².